The summed E-state index contributed by atoms with van der Waals surface area (Å²) in [4.78, 5) is 8.29. The average molecular weight is 396 g/mol. The van der Waals surface area contributed by atoms with E-state index >= 15 is 0 Å². The molecule has 2 aromatic heterocycles. The van der Waals surface area contributed by atoms with Crippen molar-refractivity contribution in [3.63, 3.8) is 0 Å². The molecule has 21 heavy (non-hydrogen) atoms. The molecule has 4 aromatic rings. The van der Waals surface area contributed by atoms with Crippen LogP contribution in [0, 0.1) is 0 Å². The summed E-state index contributed by atoms with van der Waals surface area (Å²) in [5.41, 5.74) is 2.02. The second-order valence-electron chi connectivity index (χ2n) is 3.89. The number of aromatic nitrogens is 2. The topological polar surface area (TPSA) is 25.8 Å². The van der Waals surface area contributed by atoms with Crippen molar-refractivity contribution in [3.05, 3.63) is 48.5 Å². The Kier molecular flexibility index (Phi) is 5.87. The Morgan fingerprint density at radius 3 is 1.43 bits per heavy atom. The van der Waals surface area contributed by atoms with Gasteiger partial charge in [0.25, 0.3) is 0 Å². The molecule has 4 rings (SSSR count). The maximum Gasteiger partial charge on any atom is 0.0600 e. The first-order chi connectivity index (χ1) is 9.72. The van der Waals surface area contributed by atoms with E-state index < -0.39 is 0 Å². The first-order valence-electron chi connectivity index (χ1n) is 5.77. The first kappa shape index (κ1) is 16.5. The Hall–Kier alpha value is -0.821. The summed E-state index contributed by atoms with van der Waals surface area (Å²) in [6.45, 7) is 0. The molecule has 0 aliphatic carbocycles. The minimum Gasteiger partial charge on any atom is -0.408 e. The number of nitrogens with zero attached hydrogens (tertiary/aromatic N) is 2. The van der Waals surface area contributed by atoms with Gasteiger partial charge in [-0.25, -0.2) is 0 Å². The van der Waals surface area contributed by atoms with Gasteiger partial charge in [0.15, 0.2) is 0 Å². The predicted octanol–water partition coefficient (Wildman–Crippen LogP) is 4.40. The molecule has 0 unspecified atom stereocenters. The number of hydrogen-bond acceptors (Lipinski definition) is 6. The zero-order valence-corrected chi connectivity index (χ0v) is 14.7. The van der Waals surface area contributed by atoms with E-state index in [1.165, 1.54) is 9.40 Å². The average Bonchev–Trinajstić information content (AvgIpc) is 2.99. The zero-order chi connectivity index (χ0) is 13.9. The van der Waals surface area contributed by atoms with Gasteiger partial charge in [0.1, 0.15) is 0 Å². The first-order valence-corrected chi connectivity index (χ1v) is 8.22. The monoisotopic (exact) mass is 395 g/mol. The van der Waals surface area contributed by atoms with Gasteiger partial charge in [0, 0.05) is 17.1 Å². The summed E-state index contributed by atoms with van der Waals surface area (Å²) in [6, 6.07) is 15.9. The van der Waals surface area contributed by atoms with E-state index in [1.807, 2.05) is 48.5 Å². The standard InChI is InChI=1S/2C7H5NS2.Cu/c2*9-7-8-5-3-1-2-4-6(5)10-7;/h2*1-4H,(H,8,9);/p-2. The second kappa shape index (κ2) is 7.44. The van der Waals surface area contributed by atoms with Crippen molar-refractivity contribution in [3.8, 4) is 0 Å². The Bertz CT molecular complexity index is 718. The Morgan fingerprint density at radius 2 is 1.05 bits per heavy atom. The van der Waals surface area contributed by atoms with Gasteiger partial charge in [-0.05, 0) is 30.2 Å². The van der Waals surface area contributed by atoms with Gasteiger partial charge in [-0.2, -0.15) is 0 Å². The van der Waals surface area contributed by atoms with Crippen LogP contribution in [0.25, 0.3) is 20.4 Å². The zero-order valence-electron chi connectivity index (χ0n) is 10.4. The third-order valence-electron chi connectivity index (χ3n) is 2.55. The van der Waals surface area contributed by atoms with E-state index in [1.54, 1.807) is 22.7 Å². The largest absolute Gasteiger partial charge is 0.408 e. The molecule has 0 atom stereocenters. The van der Waals surface area contributed by atoms with Crippen molar-refractivity contribution in [1.29, 1.82) is 0 Å². The van der Waals surface area contributed by atoms with Gasteiger partial charge in [0.05, 0.1) is 11.0 Å². The van der Waals surface area contributed by atoms with Crippen molar-refractivity contribution < 1.29 is 17.1 Å². The molecule has 0 amide bonds. The van der Waals surface area contributed by atoms with Gasteiger partial charge >= 0.3 is 0 Å². The van der Waals surface area contributed by atoms with Crippen molar-refractivity contribution in [1.82, 2.24) is 9.97 Å². The fourth-order valence-corrected chi connectivity index (χ4v) is 3.83. The van der Waals surface area contributed by atoms with Crippen LogP contribution in [0.3, 0.4) is 0 Å². The van der Waals surface area contributed by atoms with E-state index in [0.29, 0.717) is 0 Å². The van der Waals surface area contributed by atoms with Crippen molar-refractivity contribution in [2.75, 3.05) is 0 Å². The van der Waals surface area contributed by atoms with Crippen LogP contribution in [-0.2, 0) is 42.3 Å². The van der Waals surface area contributed by atoms with Crippen molar-refractivity contribution in [2.45, 2.75) is 8.68 Å². The van der Waals surface area contributed by atoms with E-state index in [0.717, 1.165) is 19.7 Å². The summed E-state index contributed by atoms with van der Waals surface area (Å²) in [5.74, 6) is 0. The summed E-state index contributed by atoms with van der Waals surface area (Å²) in [5, 5.41) is 0. The molecule has 1 radical (unpaired) electrons. The van der Waals surface area contributed by atoms with Crippen LogP contribution >= 0.6 is 22.7 Å². The molecule has 2 aromatic carbocycles. The number of hydrogen-bond donors (Lipinski definition) is 0. The summed E-state index contributed by atoms with van der Waals surface area (Å²) < 4.78 is 3.79. The fourth-order valence-electron chi connectivity index (χ4n) is 1.70. The van der Waals surface area contributed by atoms with E-state index in [-0.39, 0.29) is 17.1 Å². The number of thiazole rings is 2. The molecule has 0 saturated heterocycles. The van der Waals surface area contributed by atoms with E-state index in [2.05, 4.69) is 9.97 Å². The summed E-state index contributed by atoms with van der Waals surface area (Å²) in [7, 11) is 0. The van der Waals surface area contributed by atoms with Crippen LogP contribution in [-0.4, -0.2) is 9.97 Å². The van der Waals surface area contributed by atoms with Gasteiger partial charge in [-0.3, -0.25) is 9.97 Å². The minimum atomic E-state index is 0. The Balaban J connectivity index is 0.000000147. The molecular formula is C14H8CuN2S4-2. The van der Waals surface area contributed by atoms with Gasteiger partial charge in [0.2, 0.25) is 0 Å². The molecule has 0 saturated carbocycles. The van der Waals surface area contributed by atoms with E-state index in [9.17, 15) is 0 Å². The van der Waals surface area contributed by atoms with Gasteiger partial charge in [-0.15, -0.1) is 0 Å². The number of benzene rings is 2. The number of fused-ring (bicyclic) bond motifs is 2. The molecule has 0 N–H and O–H groups in total. The Labute approximate surface area is 151 Å². The molecule has 2 heterocycles. The second-order valence-corrected chi connectivity index (χ2v) is 7.25. The molecule has 0 bridgehead atoms. The molecule has 111 valence electrons. The van der Waals surface area contributed by atoms with Crippen LogP contribution in [0.15, 0.2) is 57.2 Å². The molecule has 0 aliphatic rings. The molecule has 0 spiro atoms. The fraction of sp³-hybridized carbons (Fsp3) is 0. The third kappa shape index (κ3) is 4.09. The predicted molar refractivity (Wildman–Crippen MR) is 90.5 cm³/mol. The number of para-hydroxylation sites is 2. The van der Waals surface area contributed by atoms with Crippen LogP contribution in [0.4, 0.5) is 0 Å². The maximum atomic E-state index is 4.92. The third-order valence-corrected chi connectivity index (χ3v) is 4.89. The smallest absolute Gasteiger partial charge is 0.0600 e. The van der Waals surface area contributed by atoms with Crippen LogP contribution in [0.2, 0.25) is 0 Å². The van der Waals surface area contributed by atoms with Crippen molar-refractivity contribution >= 4 is 68.4 Å². The summed E-state index contributed by atoms with van der Waals surface area (Å²) >= 11 is 13.0. The molecule has 7 heteroatoms. The molecular weight excluding hydrogens is 388 g/mol. The number of rotatable bonds is 0. The SMILES string of the molecule is [Cu].[S-]c1nc2ccccc2s1.[S-]c1nc2ccccc2s1. The summed E-state index contributed by atoms with van der Waals surface area (Å²) in [6.07, 6.45) is 0. The maximum absolute atomic E-state index is 4.92. The molecule has 0 fully saturated rings. The van der Waals surface area contributed by atoms with Crippen LogP contribution in [0.1, 0.15) is 0 Å². The van der Waals surface area contributed by atoms with Crippen LogP contribution in [0.5, 0.6) is 0 Å². The van der Waals surface area contributed by atoms with Gasteiger partial charge < -0.3 is 47.9 Å². The van der Waals surface area contributed by atoms with Crippen molar-refractivity contribution in [2.24, 2.45) is 0 Å². The Morgan fingerprint density at radius 1 is 0.667 bits per heavy atom. The minimum absolute atomic E-state index is 0. The van der Waals surface area contributed by atoms with Gasteiger partial charge in [-0.1, -0.05) is 36.4 Å². The molecule has 2 nitrogen and oxygen atoms in total. The molecule has 0 aliphatic heterocycles. The normalized spacial score (nSPS) is 9.90. The quantitative estimate of drug-likeness (QED) is 0.325. The van der Waals surface area contributed by atoms with E-state index in [4.69, 9.17) is 25.3 Å². The van der Waals surface area contributed by atoms with Crippen LogP contribution < -0.4 is 0 Å².